The lowest BCUT2D eigenvalue weighted by Gasteiger charge is -2.51. The molecule has 4 N–H and O–H groups in total. The SMILES string of the molecule is C=C(C)[C@@H](NC(=O)CN1CCC(C(N)=O)CC1)C(=O)N1CC[C@](O)(c2ccc(Cl)cc2)C(C)(C)C1. The van der Waals surface area contributed by atoms with Crippen molar-refractivity contribution in [2.75, 3.05) is 32.7 Å². The topological polar surface area (TPSA) is 116 Å². The normalized spacial score (nSPS) is 24.0. The second kappa shape index (κ2) is 10.7. The highest BCUT2D eigenvalue weighted by Crippen LogP contribution is 2.46. The van der Waals surface area contributed by atoms with Crippen molar-refractivity contribution in [1.29, 1.82) is 0 Å². The van der Waals surface area contributed by atoms with Crippen molar-refractivity contribution in [3.8, 4) is 0 Å². The van der Waals surface area contributed by atoms with Crippen LogP contribution >= 0.6 is 11.6 Å². The summed E-state index contributed by atoms with van der Waals surface area (Å²) in [5, 5.41) is 15.0. The molecule has 2 aliphatic rings. The quantitative estimate of drug-likeness (QED) is 0.491. The van der Waals surface area contributed by atoms with E-state index in [1.165, 1.54) is 0 Å². The molecule has 1 aromatic rings. The van der Waals surface area contributed by atoms with Crippen molar-refractivity contribution in [3.05, 3.63) is 47.0 Å². The molecule has 0 spiro atoms. The Bertz CT molecular complexity index is 972. The molecule has 8 nitrogen and oxygen atoms in total. The third-order valence-corrected chi connectivity index (χ3v) is 7.74. The van der Waals surface area contributed by atoms with Crippen LogP contribution in [0, 0.1) is 11.3 Å². The van der Waals surface area contributed by atoms with Crippen LogP contribution in [0.5, 0.6) is 0 Å². The van der Waals surface area contributed by atoms with Gasteiger partial charge in [0.1, 0.15) is 6.04 Å². The number of rotatable bonds is 7. The molecule has 0 aromatic heterocycles. The van der Waals surface area contributed by atoms with E-state index in [4.69, 9.17) is 17.3 Å². The van der Waals surface area contributed by atoms with Crippen molar-refractivity contribution in [2.24, 2.45) is 17.1 Å². The number of likely N-dealkylation sites (tertiary alicyclic amines) is 2. The molecule has 2 aliphatic heterocycles. The van der Waals surface area contributed by atoms with E-state index in [0.29, 0.717) is 56.0 Å². The standard InChI is InChI=1S/C26H37ClN4O4/c1-17(2)22(29-21(32)15-30-12-9-18(10-13-30)23(28)33)24(34)31-14-11-26(35,25(3,4)16-31)19-5-7-20(27)8-6-19/h5-8,18,22,35H,1,9-16H2,2-4H3,(H2,28,33)(H,29,32)/t22-,26+/m1/s1. The number of carbonyl (C=O) groups excluding carboxylic acids is 3. The Morgan fingerprint density at radius 2 is 1.80 bits per heavy atom. The van der Waals surface area contributed by atoms with Crippen LogP contribution in [-0.2, 0) is 20.0 Å². The number of primary amides is 1. The smallest absolute Gasteiger partial charge is 0.249 e. The lowest BCUT2D eigenvalue weighted by Crippen LogP contribution is -2.60. The molecule has 2 fully saturated rings. The zero-order valence-corrected chi connectivity index (χ0v) is 21.6. The average Bonchev–Trinajstić information content (AvgIpc) is 2.79. The summed E-state index contributed by atoms with van der Waals surface area (Å²) in [6.45, 7) is 11.6. The summed E-state index contributed by atoms with van der Waals surface area (Å²) >= 11 is 6.02. The highest BCUT2D eigenvalue weighted by molar-refractivity contribution is 6.30. The van der Waals surface area contributed by atoms with Gasteiger partial charge in [0.25, 0.3) is 0 Å². The minimum Gasteiger partial charge on any atom is -0.384 e. The Morgan fingerprint density at radius 3 is 2.31 bits per heavy atom. The van der Waals surface area contributed by atoms with Crippen LogP contribution in [0.1, 0.15) is 45.6 Å². The first-order valence-corrected chi connectivity index (χ1v) is 12.5. The van der Waals surface area contributed by atoms with Gasteiger partial charge in [-0.3, -0.25) is 19.3 Å². The minimum atomic E-state index is -1.12. The average molecular weight is 505 g/mol. The van der Waals surface area contributed by atoms with Gasteiger partial charge in [-0.15, -0.1) is 0 Å². The fourth-order valence-electron chi connectivity index (χ4n) is 5.13. The van der Waals surface area contributed by atoms with Crippen molar-refractivity contribution < 1.29 is 19.5 Å². The maximum Gasteiger partial charge on any atom is 0.249 e. The molecule has 192 valence electrons. The Morgan fingerprint density at radius 1 is 1.20 bits per heavy atom. The zero-order chi connectivity index (χ0) is 26.0. The molecule has 35 heavy (non-hydrogen) atoms. The van der Waals surface area contributed by atoms with Crippen LogP contribution in [0.25, 0.3) is 0 Å². The van der Waals surface area contributed by atoms with E-state index in [9.17, 15) is 19.5 Å². The van der Waals surface area contributed by atoms with E-state index >= 15 is 0 Å². The van der Waals surface area contributed by atoms with Gasteiger partial charge in [-0.1, -0.05) is 44.2 Å². The molecule has 9 heteroatoms. The monoisotopic (exact) mass is 504 g/mol. The predicted octanol–water partition coefficient (Wildman–Crippen LogP) is 2.04. The highest BCUT2D eigenvalue weighted by Gasteiger charge is 2.50. The van der Waals surface area contributed by atoms with Crippen LogP contribution in [0.3, 0.4) is 0 Å². The molecule has 2 saturated heterocycles. The van der Waals surface area contributed by atoms with Gasteiger partial charge in [0.05, 0.1) is 12.1 Å². The predicted molar refractivity (Wildman–Crippen MR) is 135 cm³/mol. The highest BCUT2D eigenvalue weighted by atomic mass is 35.5. The van der Waals surface area contributed by atoms with Gasteiger partial charge in [-0.25, -0.2) is 0 Å². The second-order valence-electron chi connectivity index (χ2n) is 10.6. The molecular weight excluding hydrogens is 468 g/mol. The van der Waals surface area contributed by atoms with Crippen LogP contribution in [0.15, 0.2) is 36.4 Å². The molecule has 2 atom stereocenters. The Hall–Kier alpha value is -2.42. The Balaban J connectivity index is 1.63. The third-order valence-electron chi connectivity index (χ3n) is 7.48. The van der Waals surface area contributed by atoms with Gasteiger partial charge < -0.3 is 21.1 Å². The number of hydrogen-bond donors (Lipinski definition) is 3. The first-order chi connectivity index (χ1) is 16.3. The molecule has 2 heterocycles. The fourth-order valence-corrected chi connectivity index (χ4v) is 5.26. The summed E-state index contributed by atoms with van der Waals surface area (Å²) in [5.41, 5.74) is 4.94. The van der Waals surface area contributed by atoms with E-state index in [1.807, 2.05) is 30.9 Å². The maximum atomic E-state index is 13.5. The summed E-state index contributed by atoms with van der Waals surface area (Å²) in [6, 6.07) is 6.31. The van der Waals surface area contributed by atoms with Gasteiger partial charge in [0.15, 0.2) is 0 Å². The number of hydrogen-bond acceptors (Lipinski definition) is 5. The van der Waals surface area contributed by atoms with Gasteiger partial charge in [0.2, 0.25) is 17.7 Å². The summed E-state index contributed by atoms with van der Waals surface area (Å²) in [7, 11) is 0. The summed E-state index contributed by atoms with van der Waals surface area (Å²) in [5.74, 6) is -0.940. The van der Waals surface area contributed by atoms with Crippen molar-refractivity contribution in [1.82, 2.24) is 15.1 Å². The number of nitrogens with one attached hydrogen (secondary N) is 1. The number of nitrogens with two attached hydrogens (primary N) is 1. The maximum absolute atomic E-state index is 13.5. The largest absolute Gasteiger partial charge is 0.384 e. The molecule has 1 aromatic carbocycles. The molecule has 0 aliphatic carbocycles. The zero-order valence-electron chi connectivity index (χ0n) is 20.8. The molecular formula is C26H37ClN4O4. The van der Waals surface area contributed by atoms with Gasteiger partial charge in [-0.2, -0.15) is 0 Å². The number of carbonyl (C=O) groups is 3. The van der Waals surface area contributed by atoms with Crippen molar-refractivity contribution >= 4 is 29.3 Å². The van der Waals surface area contributed by atoms with Crippen LogP contribution in [0.2, 0.25) is 5.02 Å². The van der Waals surface area contributed by atoms with E-state index in [0.717, 1.165) is 5.56 Å². The molecule has 0 saturated carbocycles. The number of amides is 3. The molecule has 0 bridgehead atoms. The van der Waals surface area contributed by atoms with Gasteiger partial charge in [0, 0.05) is 29.4 Å². The van der Waals surface area contributed by atoms with Crippen LogP contribution in [0.4, 0.5) is 0 Å². The number of nitrogens with zero attached hydrogens (tertiary/aromatic N) is 2. The van der Waals surface area contributed by atoms with Gasteiger partial charge >= 0.3 is 0 Å². The van der Waals surface area contributed by atoms with E-state index in [1.54, 1.807) is 24.0 Å². The minimum absolute atomic E-state index is 0.143. The lowest BCUT2D eigenvalue weighted by molar-refractivity contribution is -0.155. The van der Waals surface area contributed by atoms with Crippen LogP contribution in [-0.4, -0.2) is 71.4 Å². The summed E-state index contributed by atoms with van der Waals surface area (Å²) in [4.78, 5) is 41.2. The third kappa shape index (κ3) is 6.05. The first-order valence-electron chi connectivity index (χ1n) is 12.1. The Kier molecular flexibility index (Phi) is 8.29. The van der Waals surface area contributed by atoms with E-state index < -0.39 is 17.1 Å². The number of halogens is 1. The van der Waals surface area contributed by atoms with Crippen molar-refractivity contribution in [3.63, 3.8) is 0 Å². The molecule has 0 radical (unpaired) electrons. The fraction of sp³-hybridized carbons (Fsp3) is 0.577. The molecule has 3 amide bonds. The van der Waals surface area contributed by atoms with Gasteiger partial charge in [-0.05, 0) is 62.5 Å². The number of aliphatic hydroxyl groups is 1. The summed E-state index contributed by atoms with van der Waals surface area (Å²) < 4.78 is 0. The summed E-state index contributed by atoms with van der Waals surface area (Å²) in [6.07, 6.45) is 1.62. The second-order valence-corrected chi connectivity index (χ2v) is 11.0. The Labute approximate surface area is 212 Å². The lowest BCUT2D eigenvalue weighted by atomic mass is 9.66. The first kappa shape index (κ1) is 27.2. The van der Waals surface area contributed by atoms with Crippen molar-refractivity contribution in [2.45, 2.75) is 51.7 Å². The number of piperidine rings is 2. The molecule has 0 unspecified atom stereocenters. The number of benzene rings is 1. The molecule has 3 rings (SSSR count). The van der Waals surface area contributed by atoms with E-state index in [-0.39, 0.29) is 30.2 Å². The van der Waals surface area contributed by atoms with Crippen LogP contribution < -0.4 is 11.1 Å². The van der Waals surface area contributed by atoms with E-state index in [2.05, 4.69) is 11.9 Å².